The second-order valence-corrected chi connectivity index (χ2v) is 5.01. The van der Waals surface area contributed by atoms with E-state index in [1.807, 2.05) is 6.07 Å². The first-order chi connectivity index (χ1) is 8.20. The molecule has 1 fully saturated rings. The minimum atomic E-state index is 0.253. The van der Waals surface area contributed by atoms with Crippen LogP contribution in [0.2, 0.25) is 0 Å². The van der Waals surface area contributed by atoms with Gasteiger partial charge in [0.25, 0.3) is 0 Å². The lowest BCUT2D eigenvalue weighted by atomic mass is 10.3. The zero-order valence-electron chi connectivity index (χ0n) is 10.1. The quantitative estimate of drug-likeness (QED) is 0.840. The van der Waals surface area contributed by atoms with Crippen molar-refractivity contribution in [2.24, 2.45) is 0 Å². The average Bonchev–Trinajstić information content (AvgIpc) is 2.54. The first-order valence-electron chi connectivity index (χ1n) is 5.77. The molecule has 0 N–H and O–H groups in total. The molecule has 0 aliphatic carbocycles. The number of aromatic nitrogens is 1. The average molecular weight is 301 g/mol. The predicted octanol–water partition coefficient (Wildman–Crippen LogP) is 2.47. The van der Waals surface area contributed by atoms with Crippen LogP contribution in [-0.4, -0.2) is 37.9 Å². The van der Waals surface area contributed by atoms with E-state index in [4.69, 9.17) is 9.47 Å². The first kappa shape index (κ1) is 12.6. The zero-order valence-corrected chi connectivity index (χ0v) is 11.7. The summed E-state index contributed by atoms with van der Waals surface area (Å²) in [5, 5.41) is 0. The standard InChI is InChI=1S/C12H17BrN2O2/c1-9-8-15(4-3-5-17-9)11-6-12(16-2)14-7-10(11)13/h6-7,9H,3-5,8H2,1-2H3/t9-/m0/s1. The molecule has 1 aliphatic rings. The highest BCUT2D eigenvalue weighted by Gasteiger charge is 2.18. The molecule has 0 bridgehead atoms. The van der Waals surface area contributed by atoms with E-state index < -0.39 is 0 Å². The molecule has 2 rings (SSSR count). The molecule has 0 amide bonds. The van der Waals surface area contributed by atoms with Crippen LogP contribution >= 0.6 is 15.9 Å². The van der Waals surface area contributed by atoms with Crippen molar-refractivity contribution >= 4 is 21.6 Å². The minimum Gasteiger partial charge on any atom is -0.481 e. The van der Waals surface area contributed by atoms with Crippen LogP contribution in [0, 0.1) is 0 Å². The van der Waals surface area contributed by atoms with Crippen LogP contribution in [0.5, 0.6) is 5.88 Å². The Morgan fingerprint density at radius 3 is 3.18 bits per heavy atom. The van der Waals surface area contributed by atoms with Crippen molar-refractivity contribution < 1.29 is 9.47 Å². The van der Waals surface area contributed by atoms with E-state index in [0.717, 1.165) is 36.3 Å². The SMILES string of the molecule is COc1cc(N2CCCO[C@@H](C)C2)c(Br)cn1. The Morgan fingerprint density at radius 2 is 2.41 bits per heavy atom. The summed E-state index contributed by atoms with van der Waals surface area (Å²) in [6.07, 6.45) is 3.08. The Morgan fingerprint density at radius 1 is 1.59 bits per heavy atom. The zero-order chi connectivity index (χ0) is 12.3. The molecule has 0 saturated carbocycles. The summed E-state index contributed by atoms with van der Waals surface area (Å²) in [6.45, 7) is 4.82. The first-order valence-corrected chi connectivity index (χ1v) is 6.56. The fourth-order valence-electron chi connectivity index (χ4n) is 1.98. The van der Waals surface area contributed by atoms with Gasteiger partial charge in [0.1, 0.15) is 0 Å². The smallest absolute Gasteiger partial charge is 0.215 e. The number of anilines is 1. The second kappa shape index (κ2) is 5.69. The summed E-state index contributed by atoms with van der Waals surface area (Å²) in [4.78, 5) is 6.48. The molecule has 0 spiro atoms. The van der Waals surface area contributed by atoms with Crippen LogP contribution in [0.15, 0.2) is 16.7 Å². The Labute approximate surface area is 110 Å². The topological polar surface area (TPSA) is 34.6 Å². The van der Waals surface area contributed by atoms with Crippen molar-refractivity contribution in [1.29, 1.82) is 0 Å². The van der Waals surface area contributed by atoms with Crippen molar-refractivity contribution in [3.05, 3.63) is 16.7 Å². The molecule has 0 aromatic carbocycles. The summed E-state index contributed by atoms with van der Waals surface area (Å²) >= 11 is 3.54. The lowest BCUT2D eigenvalue weighted by Gasteiger charge is -2.25. The van der Waals surface area contributed by atoms with E-state index >= 15 is 0 Å². The van der Waals surface area contributed by atoms with Crippen LogP contribution in [0.3, 0.4) is 0 Å². The Bertz CT molecular complexity index is 387. The van der Waals surface area contributed by atoms with E-state index in [2.05, 4.69) is 32.7 Å². The van der Waals surface area contributed by atoms with Crippen molar-refractivity contribution in [3.8, 4) is 5.88 Å². The molecule has 1 aromatic heterocycles. The van der Waals surface area contributed by atoms with E-state index in [9.17, 15) is 0 Å². The number of ether oxygens (including phenoxy) is 2. The highest BCUT2D eigenvalue weighted by molar-refractivity contribution is 9.10. The Balaban J connectivity index is 2.24. The van der Waals surface area contributed by atoms with E-state index in [-0.39, 0.29) is 6.10 Å². The molecule has 17 heavy (non-hydrogen) atoms. The van der Waals surface area contributed by atoms with Gasteiger partial charge in [-0.1, -0.05) is 0 Å². The monoisotopic (exact) mass is 300 g/mol. The number of rotatable bonds is 2. The number of hydrogen-bond acceptors (Lipinski definition) is 4. The van der Waals surface area contributed by atoms with Crippen molar-refractivity contribution in [1.82, 2.24) is 4.98 Å². The number of hydrogen-bond donors (Lipinski definition) is 0. The molecule has 0 unspecified atom stereocenters. The van der Waals surface area contributed by atoms with Crippen LogP contribution in [0.1, 0.15) is 13.3 Å². The molecule has 94 valence electrons. The second-order valence-electron chi connectivity index (χ2n) is 4.16. The van der Waals surface area contributed by atoms with Crippen LogP contribution < -0.4 is 9.64 Å². The van der Waals surface area contributed by atoms with Crippen molar-refractivity contribution in [2.75, 3.05) is 31.7 Å². The third kappa shape index (κ3) is 3.10. The van der Waals surface area contributed by atoms with E-state index in [0.29, 0.717) is 5.88 Å². The largest absolute Gasteiger partial charge is 0.481 e. The molecule has 1 aromatic rings. The lowest BCUT2D eigenvalue weighted by molar-refractivity contribution is 0.0821. The summed E-state index contributed by atoms with van der Waals surface area (Å²) in [6, 6.07) is 1.96. The molecule has 0 radical (unpaired) electrons. The van der Waals surface area contributed by atoms with Crippen molar-refractivity contribution in [3.63, 3.8) is 0 Å². The third-order valence-electron chi connectivity index (χ3n) is 2.81. The van der Waals surface area contributed by atoms with Gasteiger partial charge in [-0.25, -0.2) is 4.98 Å². The fraction of sp³-hybridized carbons (Fsp3) is 0.583. The van der Waals surface area contributed by atoms with Crippen LogP contribution in [-0.2, 0) is 4.74 Å². The molecule has 1 saturated heterocycles. The normalized spacial score (nSPS) is 21.1. The lowest BCUT2D eigenvalue weighted by Crippen LogP contribution is -2.30. The van der Waals surface area contributed by atoms with Gasteiger partial charge in [-0.3, -0.25) is 0 Å². The van der Waals surface area contributed by atoms with E-state index in [1.54, 1.807) is 13.3 Å². The van der Waals surface area contributed by atoms with Gasteiger partial charge in [-0.2, -0.15) is 0 Å². The number of pyridine rings is 1. The Kier molecular flexibility index (Phi) is 4.23. The van der Waals surface area contributed by atoms with Gasteiger partial charge >= 0.3 is 0 Å². The fourth-order valence-corrected chi connectivity index (χ4v) is 2.44. The maximum atomic E-state index is 5.65. The van der Waals surface area contributed by atoms with Gasteiger partial charge in [-0.05, 0) is 29.3 Å². The summed E-state index contributed by atoms with van der Waals surface area (Å²) in [7, 11) is 1.63. The van der Waals surface area contributed by atoms with Gasteiger partial charge in [0, 0.05) is 32.0 Å². The number of methoxy groups -OCH3 is 1. The molecule has 1 aliphatic heterocycles. The highest BCUT2D eigenvalue weighted by Crippen LogP contribution is 2.29. The summed E-state index contributed by atoms with van der Waals surface area (Å²) in [5.41, 5.74) is 1.12. The maximum Gasteiger partial charge on any atom is 0.215 e. The number of halogens is 1. The Hall–Kier alpha value is -0.810. The van der Waals surface area contributed by atoms with Crippen LogP contribution in [0.4, 0.5) is 5.69 Å². The summed E-state index contributed by atoms with van der Waals surface area (Å²) in [5.74, 6) is 0.640. The molecule has 4 nitrogen and oxygen atoms in total. The van der Waals surface area contributed by atoms with Gasteiger partial charge in [0.05, 0.1) is 23.4 Å². The van der Waals surface area contributed by atoms with Gasteiger partial charge in [0.2, 0.25) is 5.88 Å². The highest BCUT2D eigenvalue weighted by atomic mass is 79.9. The number of nitrogens with zero attached hydrogens (tertiary/aromatic N) is 2. The summed E-state index contributed by atoms with van der Waals surface area (Å²) < 4.78 is 11.8. The molecular formula is C12H17BrN2O2. The van der Waals surface area contributed by atoms with Crippen molar-refractivity contribution in [2.45, 2.75) is 19.4 Å². The van der Waals surface area contributed by atoms with Gasteiger partial charge < -0.3 is 14.4 Å². The van der Waals surface area contributed by atoms with Gasteiger partial charge in [0.15, 0.2) is 0 Å². The molecule has 1 atom stereocenters. The molecular weight excluding hydrogens is 284 g/mol. The van der Waals surface area contributed by atoms with Gasteiger partial charge in [-0.15, -0.1) is 0 Å². The molecule has 2 heterocycles. The van der Waals surface area contributed by atoms with E-state index in [1.165, 1.54) is 0 Å². The van der Waals surface area contributed by atoms with Crippen LogP contribution in [0.25, 0.3) is 0 Å². The predicted molar refractivity (Wildman–Crippen MR) is 70.7 cm³/mol. The maximum absolute atomic E-state index is 5.65. The molecule has 5 heteroatoms. The minimum absolute atomic E-state index is 0.253. The third-order valence-corrected chi connectivity index (χ3v) is 3.42.